The summed E-state index contributed by atoms with van der Waals surface area (Å²) in [6.45, 7) is -0.0425. The quantitative estimate of drug-likeness (QED) is 0.747. The summed E-state index contributed by atoms with van der Waals surface area (Å²) in [6, 6.07) is 12.1. The number of rotatable bonds is 5. The van der Waals surface area contributed by atoms with Crippen LogP contribution in [0, 0.1) is 0 Å². The summed E-state index contributed by atoms with van der Waals surface area (Å²) in [5.74, 6) is 1.13. The van der Waals surface area contributed by atoms with E-state index in [4.69, 9.17) is 21.1 Å². The molecule has 20 heavy (non-hydrogen) atoms. The van der Waals surface area contributed by atoms with E-state index in [2.05, 4.69) is 15.9 Å². The Morgan fingerprint density at radius 2 is 2.05 bits per heavy atom. The van der Waals surface area contributed by atoms with Crippen LogP contribution in [0.4, 0.5) is 0 Å². The Labute approximate surface area is 130 Å². The molecule has 0 saturated heterocycles. The molecule has 0 fully saturated rings. The van der Waals surface area contributed by atoms with Crippen LogP contribution in [-0.4, -0.2) is 19.5 Å². The Kier molecular flexibility index (Phi) is 5.04. The number of hydrogen-bond donors (Lipinski definition) is 0. The summed E-state index contributed by atoms with van der Waals surface area (Å²) >= 11 is 9.19. The highest BCUT2D eigenvalue weighted by atomic mass is 79.9. The van der Waals surface area contributed by atoms with E-state index in [1.54, 1.807) is 49.6 Å². The molecular formula is C15H12BrClO3. The van der Waals surface area contributed by atoms with Crippen LogP contribution in [0.2, 0.25) is 5.02 Å². The van der Waals surface area contributed by atoms with Gasteiger partial charge in [-0.05, 0) is 52.3 Å². The number of hydrogen-bond acceptors (Lipinski definition) is 3. The molecule has 0 N–H and O–H groups in total. The van der Waals surface area contributed by atoms with Gasteiger partial charge in [0.2, 0.25) is 0 Å². The zero-order chi connectivity index (χ0) is 14.5. The van der Waals surface area contributed by atoms with Crippen molar-refractivity contribution in [3.63, 3.8) is 0 Å². The topological polar surface area (TPSA) is 35.5 Å². The molecule has 0 heterocycles. The summed E-state index contributed by atoms with van der Waals surface area (Å²) in [7, 11) is 1.57. The summed E-state index contributed by atoms with van der Waals surface area (Å²) in [5.41, 5.74) is 0.555. The van der Waals surface area contributed by atoms with Crippen molar-refractivity contribution >= 4 is 33.3 Å². The molecule has 0 aliphatic heterocycles. The molecule has 0 aliphatic rings. The second kappa shape index (κ2) is 6.77. The number of ketones is 1. The maximum atomic E-state index is 12.0. The molecule has 0 amide bonds. The van der Waals surface area contributed by atoms with Crippen LogP contribution in [0.1, 0.15) is 10.4 Å². The normalized spacial score (nSPS) is 10.2. The molecule has 2 rings (SSSR count). The lowest BCUT2D eigenvalue weighted by Gasteiger charge is -2.07. The largest absolute Gasteiger partial charge is 0.496 e. The molecule has 0 atom stereocenters. The van der Waals surface area contributed by atoms with Gasteiger partial charge in [-0.3, -0.25) is 4.79 Å². The average Bonchev–Trinajstić information content (AvgIpc) is 2.44. The first kappa shape index (κ1) is 14.9. The lowest BCUT2D eigenvalue weighted by molar-refractivity contribution is 0.0921. The molecule has 0 radical (unpaired) electrons. The molecule has 0 aromatic heterocycles. The molecule has 0 bridgehead atoms. The minimum absolute atomic E-state index is 0.0425. The highest BCUT2D eigenvalue weighted by molar-refractivity contribution is 9.10. The van der Waals surface area contributed by atoms with E-state index in [1.807, 2.05) is 0 Å². The third-order valence-electron chi connectivity index (χ3n) is 2.64. The van der Waals surface area contributed by atoms with Crippen LogP contribution in [-0.2, 0) is 0 Å². The number of carbonyl (C=O) groups excluding carboxylic acids is 1. The van der Waals surface area contributed by atoms with Crippen molar-refractivity contribution in [2.24, 2.45) is 0 Å². The lowest BCUT2D eigenvalue weighted by Crippen LogP contribution is -2.11. The van der Waals surface area contributed by atoms with Crippen molar-refractivity contribution in [2.45, 2.75) is 0 Å². The predicted octanol–water partition coefficient (Wildman–Crippen LogP) is 4.37. The van der Waals surface area contributed by atoms with E-state index in [0.717, 1.165) is 4.47 Å². The first-order chi connectivity index (χ1) is 9.60. The van der Waals surface area contributed by atoms with Gasteiger partial charge in [0, 0.05) is 10.6 Å². The van der Waals surface area contributed by atoms with E-state index in [0.29, 0.717) is 22.1 Å². The van der Waals surface area contributed by atoms with Gasteiger partial charge >= 0.3 is 0 Å². The Balaban J connectivity index is 2.03. The van der Waals surface area contributed by atoms with Crippen molar-refractivity contribution in [1.29, 1.82) is 0 Å². The first-order valence-corrected chi connectivity index (χ1v) is 7.02. The zero-order valence-electron chi connectivity index (χ0n) is 10.7. The van der Waals surface area contributed by atoms with Crippen molar-refractivity contribution in [3.05, 3.63) is 57.5 Å². The number of halogens is 2. The molecule has 5 heteroatoms. The highest BCUT2D eigenvalue weighted by Crippen LogP contribution is 2.26. The number of methoxy groups -OCH3 is 1. The van der Waals surface area contributed by atoms with Gasteiger partial charge in [0.25, 0.3) is 0 Å². The monoisotopic (exact) mass is 354 g/mol. The molecule has 2 aromatic carbocycles. The van der Waals surface area contributed by atoms with Crippen molar-refractivity contribution in [2.75, 3.05) is 13.7 Å². The Hall–Kier alpha value is -1.52. The lowest BCUT2D eigenvalue weighted by atomic mass is 10.1. The predicted molar refractivity (Wildman–Crippen MR) is 82.0 cm³/mol. The molecule has 0 aliphatic carbocycles. The SMILES string of the molecule is COc1ccc(C(=O)COc2cccc(Cl)c2)cc1Br. The van der Waals surface area contributed by atoms with Gasteiger partial charge in [-0.15, -0.1) is 0 Å². The van der Waals surface area contributed by atoms with Gasteiger partial charge in [0.05, 0.1) is 11.6 Å². The molecular weight excluding hydrogens is 344 g/mol. The average molecular weight is 356 g/mol. The smallest absolute Gasteiger partial charge is 0.200 e. The molecule has 0 saturated carbocycles. The molecule has 0 unspecified atom stereocenters. The van der Waals surface area contributed by atoms with Crippen LogP contribution in [0.25, 0.3) is 0 Å². The number of Topliss-reactive ketones (excluding diaryl/α,β-unsaturated/α-hetero) is 1. The maximum Gasteiger partial charge on any atom is 0.200 e. The van der Waals surface area contributed by atoms with Crippen molar-refractivity contribution in [3.8, 4) is 11.5 Å². The van der Waals surface area contributed by atoms with Gasteiger partial charge in [-0.1, -0.05) is 17.7 Å². The van der Waals surface area contributed by atoms with Crippen molar-refractivity contribution < 1.29 is 14.3 Å². The third-order valence-corrected chi connectivity index (χ3v) is 3.49. The second-order valence-electron chi connectivity index (χ2n) is 4.02. The maximum absolute atomic E-state index is 12.0. The molecule has 104 valence electrons. The fourth-order valence-electron chi connectivity index (χ4n) is 1.63. The summed E-state index contributed by atoms with van der Waals surface area (Å²) in [4.78, 5) is 12.0. The Bertz CT molecular complexity index is 628. The minimum atomic E-state index is -0.117. The fourth-order valence-corrected chi connectivity index (χ4v) is 2.35. The first-order valence-electron chi connectivity index (χ1n) is 5.85. The second-order valence-corrected chi connectivity index (χ2v) is 5.31. The van der Waals surface area contributed by atoms with Crippen LogP contribution in [0.15, 0.2) is 46.9 Å². The van der Waals surface area contributed by atoms with E-state index >= 15 is 0 Å². The summed E-state index contributed by atoms with van der Waals surface area (Å²) < 4.78 is 11.3. The molecule has 3 nitrogen and oxygen atoms in total. The van der Waals surface area contributed by atoms with Gasteiger partial charge in [-0.2, -0.15) is 0 Å². The van der Waals surface area contributed by atoms with Crippen LogP contribution in [0.5, 0.6) is 11.5 Å². The summed E-state index contributed by atoms with van der Waals surface area (Å²) in [6.07, 6.45) is 0. The zero-order valence-corrected chi connectivity index (χ0v) is 13.1. The van der Waals surface area contributed by atoms with Crippen LogP contribution >= 0.6 is 27.5 Å². The van der Waals surface area contributed by atoms with E-state index < -0.39 is 0 Å². The van der Waals surface area contributed by atoms with E-state index in [-0.39, 0.29) is 12.4 Å². The van der Waals surface area contributed by atoms with Crippen LogP contribution < -0.4 is 9.47 Å². The standard InChI is InChI=1S/C15H12BrClO3/c1-19-15-6-5-10(7-13(15)16)14(18)9-20-12-4-2-3-11(17)8-12/h2-8H,9H2,1H3. The Morgan fingerprint density at radius 1 is 1.25 bits per heavy atom. The van der Waals surface area contributed by atoms with Gasteiger partial charge in [0.15, 0.2) is 12.4 Å². The number of carbonyl (C=O) groups is 1. The van der Waals surface area contributed by atoms with Crippen molar-refractivity contribution in [1.82, 2.24) is 0 Å². The van der Waals surface area contributed by atoms with Gasteiger partial charge < -0.3 is 9.47 Å². The van der Waals surface area contributed by atoms with E-state index in [1.165, 1.54) is 0 Å². The number of benzene rings is 2. The number of ether oxygens (including phenoxy) is 2. The van der Waals surface area contributed by atoms with Crippen LogP contribution in [0.3, 0.4) is 0 Å². The fraction of sp³-hybridized carbons (Fsp3) is 0.133. The highest BCUT2D eigenvalue weighted by Gasteiger charge is 2.10. The van der Waals surface area contributed by atoms with Gasteiger partial charge in [-0.25, -0.2) is 0 Å². The summed E-state index contributed by atoms with van der Waals surface area (Å²) in [5, 5.41) is 0.571. The molecule has 2 aromatic rings. The molecule has 0 spiro atoms. The minimum Gasteiger partial charge on any atom is -0.496 e. The Morgan fingerprint density at radius 3 is 2.70 bits per heavy atom. The van der Waals surface area contributed by atoms with Gasteiger partial charge in [0.1, 0.15) is 11.5 Å². The third kappa shape index (κ3) is 3.74. The van der Waals surface area contributed by atoms with E-state index in [9.17, 15) is 4.79 Å².